The highest BCUT2D eigenvalue weighted by atomic mass is 15.2. The standard InChI is InChI=1S/C14H22N2/c1-12-4-6-14(7-5-12)13(2)16-10-3-8-15-9-11-16/h4-7,13,15H,3,8-11H2,1-2H3. The van der Waals surface area contributed by atoms with Gasteiger partial charge in [0.2, 0.25) is 0 Å². The molecule has 1 aliphatic rings. The van der Waals surface area contributed by atoms with E-state index in [-0.39, 0.29) is 0 Å². The molecule has 1 heterocycles. The Bertz CT molecular complexity index is 310. The molecule has 1 aliphatic heterocycles. The molecule has 88 valence electrons. The second-order valence-electron chi connectivity index (χ2n) is 4.73. The van der Waals surface area contributed by atoms with Crippen molar-refractivity contribution in [3.63, 3.8) is 0 Å². The van der Waals surface area contributed by atoms with Gasteiger partial charge in [-0.15, -0.1) is 0 Å². The van der Waals surface area contributed by atoms with E-state index in [4.69, 9.17) is 0 Å². The van der Waals surface area contributed by atoms with Crippen LogP contribution in [0.4, 0.5) is 0 Å². The largest absolute Gasteiger partial charge is 0.315 e. The molecule has 1 fully saturated rings. The fourth-order valence-electron chi connectivity index (χ4n) is 2.31. The van der Waals surface area contributed by atoms with E-state index < -0.39 is 0 Å². The first-order valence-corrected chi connectivity index (χ1v) is 6.29. The average molecular weight is 218 g/mol. The van der Waals surface area contributed by atoms with Crippen molar-refractivity contribution in [2.75, 3.05) is 26.2 Å². The molecular formula is C14H22N2. The zero-order valence-corrected chi connectivity index (χ0v) is 10.4. The van der Waals surface area contributed by atoms with Crippen LogP contribution >= 0.6 is 0 Å². The van der Waals surface area contributed by atoms with E-state index in [0.717, 1.165) is 19.6 Å². The van der Waals surface area contributed by atoms with E-state index >= 15 is 0 Å². The van der Waals surface area contributed by atoms with E-state index in [0.29, 0.717) is 6.04 Å². The minimum Gasteiger partial charge on any atom is -0.315 e. The van der Waals surface area contributed by atoms with Gasteiger partial charge in [0.15, 0.2) is 0 Å². The number of hydrogen-bond donors (Lipinski definition) is 1. The normalized spacial score (nSPS) is 20.4. The van der Waals surface area contributed by atoms with Crippen molar-refractivity contribution in [3.8, 4) is 0 Å². The quantitative estimate of drug-likeness (QED) is 0.819. The Labute approximate surface area is 98.7 Å². The summed E-state index contributed by atoms with van der Waals surface area (Å²) < 4.78 is 0. The van der Waals surface area contributed by atoms with Gasteiger partial charge in [-0.25, -0.2) is 0 Å². The summed E-state index contributed by atoms with van der Waals surface area (Å²) in [5, 5.41) is 3.45. The SMILES string of the molecule is Cc1ccc(C(C)N2CCCNCC2)cc1. The average Bonchev–Trinajstić information content (AvgIpc) is 2.57. The predicted octanol–water partition coefficient (Wildman–Crippen LogP) is 2.35. The van der Waals surface area contributed by atoms with Crippen molar-refractivity contribution in [3.05, 3.63) is 35.4 Å². The van der Waals surface area contributed by atoms with Crippen LogP contribution < -0.4 is 5.32 Å². The summed E-state index contributed by atoms with van der Waals surface area (Å²) in [6.45, 7) is 9.12. The van der Waals surface area contributed by atoms with Crippen LogP contribution in [0, 0.1) is 6.92 Å². The number of benzene rings is 1. The molecular weight excluding hydrogens is 196 g/mol. The van der Waals surface area contributed by atoms with Crippen molar-refractivity contribution < 1.29 is 0 Å². The monoisotopic (exact) mass is 218 g/mol. The van der Waals surface area contributed by atoms with Crippen LogP contribution in [-0.4, -0.2) is 31.1 Å². The molecule has 0 aromatic heterocycles. The third-order valence-corrected chi connectivity index (χ3v) is 3.48. The summed E-state index contributed by atoms with van der Waals surface area (Å²) in [5.74, 6) is 0. The lowest BCUT2D eigenvalue weighted by molar-refractivity contribution is 0.225. The van der Waals surface area contributed by atoms with Gasteiger partial charge >= 0.3 is 0 Å². The summed E-state index contributed by atoms with van der Waals surface area (Å²) >= 11 is 0. The summed E-state index contributed by atoms with van der Waals surface area (Å²) in [6, 6.07) is 9.49. The zero-order valence-electron chi connectivity index (χ0n) is 10.4. The highest BCUT2D eigenvalue weighted by Gasteiger charge is 2.16. The van der Waals surface area contributed by atoms with Gasteiger partial charge < -0.3 is 5.32 Å². The van der Waals surface area contributed by atoms with E-state index in [9.17, 15) is 0 Å². The lowest BCUT2D eigenvalue weighted by atomic mass is 10.1. The maximum atomic E-state index is 3.45. The molecule has 0 radical (unpaired) electrons. The second kappa shape index (κ2) is 5.46. The molecule has 1 aromatic carbocycles. The Morgan fingerprint density at radius 3 is 2.62 bits per heavy atom. The smallest absolute Gasteiger partial charge is 0.0320 e. The first kappa shape index (κ1) is 11.6. The maximum absolute atomic E-state index is 3.45. The first-order chi connectivity index (χ1) is 7.77. The molecule has 1 unspecified atom stereocenters. The molecule has 0 spiro atoms. The highest BCUT2D eigenvalue weighted by Crippen LogP contribution is 2.20. The summed E-state index contributed by atoms with van der Waals surface area (Å²) in [6.07, 6.45) is 1.26. The number of nitrogens with one attached hydrogen (secondary N) is 1. The molecule has 1 atom stereocenters. The van der Waals surface area contributed by atoms with Crippen molar-refractivity contribution in [2.45, 2.75) is 26.3 Å². The first-order valence-electron chi connectivity index (χ1n) is 6.29. The van der Waals surface area contributed by atoms with E-state index in [1.165, 1.54) is 24.1 Å². The third kappa shape index (κ3) is 2.83. The molecule has 2 rings (SSSR count). The lowest BCUT2D eigenvalue weighted by Crippen LogP contribution is -2.30. The minimum absolute atomic E-state index is 0.542. The topological polar surface area (TPSA) is 15.3 Å². The van der Waals surface area contributed by atoms with E-state index in [1.807, 2.05) is 0 Å². The van der Waals surface area contributed by atoms with E-state index in [2.05, 4.69) is 48.3 Å². The number of rotatable bonds is 2. The van der Waals surface area contributed by atoms with Crippen LogP contribution in [0.2, 0.25) is 0 Å². The van der Waals surface area contributed by atoms with Gasteiger partial charge in [0.05, 0.1) is 0 Å². The van der Waals surface area contributed by atoms with Crippen molar-refractivity contribution in [1.82, 2.24) is 10.2 Å². The van der Waals surface area contributed by atoms with Crippen LogP contribution in [0.15, 0.2) is 24.3 Å². The van der Waals surface area contributed by atoms with Crippen LogP contribution in [0.5, 0.6) is 0 Å². The van der Waals surface area contributed by atoms with Gasteiger partial charge in [0, 0.05) is 19.1 Å². The fourth-order valence-corrected chi connectivity index (χ4v) is 2.31. The molecule has 0 amide bonds. The number of aryl methyl sites for hydroxylation is 1. The molecule has 1 aromatic rings. The van der Waals surface area contributed by atoms with Gasteiger partial charge in [-0.1, -0.05) is 29.8 Å². The van der Waals surface area contributed by atoms with Crippen molar-refractivity contribution >= 4 is 0 Å². The Kier molecular flexibility index (Phi) is 3.97. The lowest BCUT2D eigenvalue weighted by Gasteiger charge is -2.27. The molecule has 1 N–H and O–H groups in total. The molecule has 2 nitrogen and oxygen atoms in total. The summed E-state index contributed by atoms with van der Waals surface area (Å²) in [7, 11) is 0. The van der Waals surface area contributed by atoms with Gasteiger partial charge in [-0.05, 0) is 38.9 Å². The predicted molar refractivity (Wildman–Crippen MR) is 68.7 cm³/mol. The fraction of sp³-hybridized carbons (Fsp3) is 0.571. The Balaban J connectivity index is 2.04. The Morgan fingerprint density at radius 1 is 1.12 bits per heavy atom. The second-order valence-corrected chi connectivity index (χ2v) is 4.73. The molecule has 1 saturated heterocycles. The van der Waals surface area contributed by atoms with Crippen molar-refractivity contribution in [2.24, 2.45) is 0 Å². The summed E-state index contributed by atoms with van der Waals surface area (Å²) in [4.78, 5) is 2.57. The van der Waals surface area contributed by atoms with Gasteiger partial charge in [-0.2, -0.15) is 0 Å². The third-order valence-electron chi connectivity index (χ3n) is 3.48. The van der Waals surface area contributed by atoms with Crippen LogP contribution in [-0.2, 0) is 0 Å². The molecule has 0 aliphatic carbocycles. The highest BCUT2D eigenvalue weighted by molar-refractivity contribution is 5.23. The van der Waals surface area contributed by atoms with Crippen molar-refractivity contribution in [1.29, 1.82) is 0 Å². The number of nitrogens with zero attached hydrogens (tertiary/aromatic N) is 1. The number of hydrogen-bond acceptors (Lipinski definition) is 2. The zero-order chi connectivity index (χ0) is 11.4. The van der Waals surface area contributed by atoms with Gasteiger partial charge in [0.1, 0.15) is 0 Å². The van der Waals surface area contributed by atoms with E-state index in [1.54, 1.807) is 0 Å². The molecule has 0 bridgehead atoms. The Morgan fingerprint density at radius 2 is 1.88 bits per heavy atom. The van der Waals surface area contributed by atoms with Gasteiger partial charge in [0.25, 0.3) is 0 Å². The van der Waals surface area contributed by atoms with Crippen LogP contribution in [0.1, 0.15) is 30.5 Å². The molecule has 16 heavy (non-hydrogen) atoms. The summed E-state index contributed by atoms with van der Waals surface area (Å²) in [5.41, 5.74) is 2.78. The Hall–Kier alpha value is -0.860. The van der Waals surface area contributed by atoms with Crippen LogP contribution in [0.25, 0.3) is 0 Å². The van der Waals surface area contributed by atoms with Crippen LogP contribution in [0.3, 0.4) is 0 Å². The molecule has 2 heteroatoms. The van der Waals surface area contributed by atoms with Gasteiger partial charge in [-0.3, -0.25) is 4.90 Å². The maximum Gasteiger partial charge on any atom is 0.0320 e. The minimum atomic E-state index is 0.542. The molecule has 0 saturated carbocycles.